The summed E-state index contributed by atoms with van der Waals surface area (Å²) in [6.07, 6.45) is 0. The Morgan fingerprint density at radius 3 is 1.92 bits per heavy atom. The molecule has 1 aromatic rings. The molecule has 0 aromatic heterocycles. The first-order valence-corrected chi connectivity index (χ1v) is 4.48. The molecule has 0 aliphatic heterocycles. The Balaban J connectivity index is 0.000000261. The van der Waals surface area contributed by atoms with E-state index in [2.05, 4.69) is 0 Å². The Kier molecular flexibility index (Phi) is 6.38. The van der Waals surface area contributed by atoms with E-state index >= 15 is 0 Å². The van der Waals surface area contributed by atoms with Crippen molar-refractivity contribution in [2.24, 2.45) is 0 Å². The molecular weight excluding hydrogens is 179 g/mol. The van der Waals surface area contributed by atoms with Crippen molar-refractivity contribution in [3.8, 4) is 5.75 Å². The molecule has 5 heteroatoms. The van der Waals surface area contributed by atoms with Gasteiger partial charge in [0.2, 0.25) is 0 Å². The van der Waals surface area contributed by atoms with Gasteiger partial charge in [-0.1, -0.05) is 18.2 Å². The molecule has 0 saturated heterocycles. The van der Waals surface area contributed by atoms with Crippen molar-refractivity contribution in [3.63, 3.8) is 0 Å². The number of hydrogen-bond acceptors (Lipinski definition) is 2. The topological polar surface area (TPSA) is 66.8 Å². The van der Waals surface area contributed by atoms with Crippen LogP contribution in [0.5, 0.6) is 5.75 Å². The van der Waals surface area contributed by atoms with Gasteiger partial charge in [0.15, 0.2) is 0 Å². The summed E-state index contributed by atoms with van der Waals surface area (Å²) < 4.78 is 13.7. The Hall–Kier alpha value is -0.830. The summed E-state index contributed by atoms with van der Waals surface area (Å²) in [5.74, 6) is 0.910. The largest absolute Gasteiger partial charge is 0.497 e. The normalized spacial score (nSPS) is 8.67. The smallest absolute Gasteiger partial charge is 0.314 e. The third-order valence-corrected chi connectivity index (χ3v) is 0.979. The summed E-state index contributed by atoms with van der Waals surface area (Å²) in [7, 11) is -1.47. The second-order valence-electron chi connectivity index (χ2n) is 1.80. The molecule has 0 atom stereocenters. The minimum absolute atomic E-state index is 0.910. The predicted octanol–water partition coefficient (Wildman–Crippen LogP) is 1.06. The number of hydrogen-bond donors (Lipinski definition) is 2. The molecule has 0 saturated carbocycles. The van der Waals surface area contributed by atoms with Crippen molar-refractivity contribution in [2.45, 2.75) is 0 Å². The van der Waals surface area contributed by atoms with E-state index in [4.69, 9.17) is 19.1 Å². The van der Waals surface area contributed by atoms with Crippen LogP contribution in [0.2, 0.25) is 0 Å². The SMILES string of the molecule is COc1ccccc1.O=[PH](O)O. The monoisotopic (exact) mass is 190 g/mol. The van der Waals surface area contributed by atoms with Crippen molar-refractivity contribution in [1.29, 1.82) is 0 Å². The minimum atomic E-state index is -3.13. The van der Waals surface area contributed by atoms with Crippen molar-refractivity contribution in [1.82, 2.24) is 0 Å². The van der Waals surface area contributed by atoms with E-state index in [1.807, 2.05) is 30.3 Å². The lowest BCUT2D eigenvalue weighted by atomic mass is 10.3. The van der Waals surface area contributed by atoms with Crippen LogP contribution in [0.1, 0.15) is 0 Å². The van der Waals surface area contributed by atoms with Crippen LogP contribution in [-0.2, 0) is 4.57 Å². The van der Waals surface area contributed by atoms with E-state index in [-0.39, 0.29) is 0 Å². The molecule has 1 aromatic carbocycles. The van der Waals surface area contributed by atoms with E-state index in [9.17, 15) is 0 Å². The summed E-state index contributed by atoms with van der Waals surface area (Å²) in [6, 6.07) is 9.68. The van der Waals surface area contributed by atoms with Gasteiger partial charge in [-0.05, 0) is 12.1 Å². The zero-order valence-electron chi connectivity index (χ0n) is 6.60. The fourth-order valence-corrected chi connectivity index (χ4v) is 0.557. The Morgan fingerprint density at radius 2 is 1.67 bits per heavy atom. The van der Waals surface area contributed by atoms with E-state index in [1.165, 1.54) is 0 Å². The Bertz CT molecular complexity index is 220. The fraction of sp³-hybridized carbons (Fsp3) is 0.143. The molecule has 0 aliphatic carbocycles. The first-order valence-electron chi connectivity index (χ1n) is 3.17. The molecule has 0 fully saturated rings. The van der Waals surface area contributed by atoms with Gasteiger partial charge >= 0.3 is 8.25 Å². The van der Waals surface area contributed by atoms with E-state index in [0.717, 1.165) is 5.75 Å². The van der Waals surface area contributed by atoms with Crippen molar-refractivity contribution in [2.75, 3.05) is 7.11 Å². The van der Waals surface area contributed by atoms with Gasteiger partial charge in [0.05, 0.1) is 7.11 Å². The molecule has 0 bridgehead atoms. The van der Waals surface area contributed by atoms with Crippen LogP contribution in [0.4, 0.5) is 0 Å². The molecule has 4 nitrogen and oxygen atoms in total. The highest BCUT2D eigenvalue weighted by Crippen LogP contribution is 2.05. The second-order valence-corrected chi connectivity index (χ2v) is 2.36. The standard InChI is InChI=1S/C7H8O.H3O3P/c1-8-7-5-3-2-4-6-7;1-4(2)3/h2-6H,1H3;4H,(H2,1,2,3). The zero-order chi connectivity index (χ0) is 9.40. The maximum atomic E-state index is 8.74. The average Bonchev–Trinajstić information content (AvgIpc) is 2.05. The number of methoxy groups -OCH3 is 1. The molecule has 0 spiro atoms. The van der Waals surface area contributed by atoms with Crippen LogP contribution in [0.15, 0.2) is 30.3 Å². The number of rotatable bonds is 1. The molecule has 68 valence electrons. The summed E-state index contributed by atoms with van der Waals surface area (Å²) >= 11 is 0. The fourth-order valence-electron chi connectivity index (χ4n) is 0.557. The van der Waals surface area contributed by atoms with Gasteiger partial charge in [-0.3, -0.25) is 4.57 Å². The number of benzene rings is 1. The highest BCUT2D eigenvalue weighted by molar-refractivity contribution is 7.30. The summed E-state index contributed by atoms with van der Waals surface area (Å²) in [6.45, 7) is 0. The van der Waals surface area contributed by atoms with Gasteiger partial charge in [-0.25, -0.2) is 0 Å². The van der Waals surface area contributed by atoms with Crippen LogP contribution >= 0.6 is 8.25 Å². The van der Waals surface area contributed by atoms with E-state index in [1.54, 1.807) is 7.11 Å². The van der Waals surface area contributed by atoms with Crippen molar-refractivity contribution in [3.05, 3.63) is 30.3 Å². The Morgan fingerprint density at radius 1 is 1.25 bits per heavy atom. The first kappa shape index (κ1) is 11.2. The molecule has 0 radical (unpaired) electrons. The predicted molar refractivity (Wildman–Crippen MR) is 46.4 cm³/mol. The summed E-state index contributed by atoms with van der Waals surface area (Å²) in [5, 5.41) is 0. The van der Waals surface area contributed by atoms with Gasteiger partial charge in [0, 0.05) is 0 Å². The van der Waals surface area contributed by atoms with Gasteiger partial charge in [-0.2, -0.15) is 0 Å². The minimum Gasteiger partial charge on any atom is -0.497 e. The maximum Gasteiger partial charge on any atom is 0.314 e. The molecule has 0 heterocycles. The molecule has 0 amide bonds. The lowest BCUT2D eigenvalue weighted by Gasteiger charge is -1.93. The summed E-state index contributed by atoms with van der Waals surface area (Å²) in [4.78, 5) is 14.3. The van der Waals surface area contributed by atoms with Gasteiger partial charge in [-0.15, -0.1) is 0 Å². The molecule has 2 N–H and O–H groups in total. The third-order valence-electron chi connectivity index (χ3n) is 0.979. The lowest BCUT2D eigenvalue weighted by Crippen LogP contribution is -1.78. The molecule has 1 rings (SSSR count). The lowest BCUT2D eigenvalue weighted by molar-refractivity contribution is 0.405. The van der Waals surface area contributed by atoms with Crippen LogP contribution < -0.4 is 4.74 Å². The van der Waals surface area contributed by atoms with E-state index in [0.29, 0.717) is 0 Å². The van der Waals surface area contributed by atoms with Crippen molar-refractivity contribution >= 4 is 8.25 Å². The summed E-state index contributed by atoms with van der Waals surface area (Å²) in [5.41, 5.74) is 0. The van der Waals surface area contributed by atoms with Crippen molar-refractivity contribution < 1.29 is 19.1 Å². The third kappa shape index (κ3) is 7.28. The first-order chi connectivity index (χ1) is 5.66. The number of ether oxygens (including phenoxy) is 1. The van der Waals surface area contributed by atoms with Gasteiger partial charge < -0.3 is 14.5 Å². The number of para-hydroxylation sites is 1. The molecule has 0 aliphatic rings. The molecular formula is C7H11O4P. The van der Waals surface area contributed by atoms with Crippen LogP contribution in [-0.4, -0.2) is 16.9 Å². The van der Waals surface area contributed by atoms with Crippen LogP contribution in [0.3, 0.4) is 0 Å². The quantitative estimate of drug-likeness (QED) is 0.649. The van der Waals surface area contributed by atoms with Gasteiger partial charge in [0.1, 0.15) is 5.75 Å². The zero-order valence-corrected chi connectivity index (χ0v) is 7.60. The molecule has 12 heavy (non-hydrogen) atoms. The molecule has 0 unspecified atom stereocenters. The highest BCUT2D eigenvalue weighted by Gasteiger charge is 1.80. The van der Waals surface area contributed by atoms with Crippen LogP contribution in [0, 0.1) is 0 Å². The van der Waals surface area contributed by atoms with Crippen LogP contribution in [0.25, 0.3) is 0 Å². The highest BCUT2D eigenvalue weighted by atomic mass is 31.1. The maximum absolute atomic E-state index is 8.74. The Labute approximate surface area is 71.4 Å². The van der Waals surface area contributed by atoms with E-state index < -0.39 is 8.25 Å². The average molecular weight is 190 g/mol. The van der Waals surface area contributed by atoms with Gasteiger partial charge in [0.25, 0.3) is 0 Å². The second kappa shape index (κ2) is 6.85.